The molecule has 7 heteroatoms. The third kappa shape index (κ3) is 4.00. The number of hydrogen-bond acceptors (Lipinski definition) is 5. The topological polar surface area (TPSA) is 75.7 Å². The fourth-order valence-corrected chi connectivity index (χ4v) is 5.22. The van der Waals surface area contributed by atoms with E-state index in [0.29, 0.717) is 17.9 Å². The predicted molar refractivity (Wildman–Crippen MR) is 112 cm³/mol. The molecule has 0 aliphatic carbocycles. The molecule has 2 heterocycles. The lowest BCUT2D eigenvalue weighted by atomic mass is 10.1. The Morgan fingerprint density at radius 1 is 1.14 bits per heavy atom. The van der Waals surface area contributed by atoms with Crippen LogP contribution < -0.4 is 5.32 Å². The number of fused-ring (bicyclic) bond motifs is 1. The van der Waals surface area contributed by atoms with Crippen LogP contribution in [0.25, 0.3) is 11.1 Å². The van der Waals surface area contributed by atoms with Crippen LogP contribution >= 0.6 is 11.8 Å². The van der Waals surface area contributed by atoms with E-state index in [4.69, 9.17) is 4.74 Å². The molecular weight excluding hydrogens is 388 g/mol. The van der Waals surface area contributed by atoms with Crippen molar-refractivity contribution in [1.82, 2.24) is 4.90 Å². The minimum Gasteiger partial charge on any atom is -0.454 e. The molecule has 2 aromatic carbocycles. The normalized spacial score (nSPS) is 23.0. The summed E-state index contributed by atoms with van der Waals surface area (Å²) >= 11 is 1.60. The fourth-order valence-electron chi connectivity index (χ4n) is 3.80. The number of amides is 2. The summed E-state index contributed by atoms with van der Waals surface area (Å²) < 4.78 is 5.20. The van der Waals surface area contributed by atoms with Gasteiger partial charge in [-0.1, -0.05) is 42.5 Å². The number of carbonyl (C=O) groups excluding carboxylic acids is 3. The molecule has 29 heavy (non-hydrogen) atoms. The van der Waals surface area contributed by atoms with Gasteiger partial charge in [0.2, 0.25) is 5.91 Å². The van der Waals surface area contributed by atoms with Gasteiger partial charge in [-0.2, -0.15) is 0 Å². The van der Waals surface area contributed by atoms with E-state index >= 15 is 0 Å². The molecule has 1 N–H and O–H groups in total. The van der Waals surface area contributed by atoms with Gasteiger partial charge in [0.25, 0.3) is 5.91 Å². The van der Waals surface area contributed by atoms with Gasteiger partial charge in [-0.15, -0.1) is 11.8 Å². The van der Waals surface area contributed by atoms with Crippen LogP contribution in [0.3, 0.4) is 0 Å². The summed E-state index contributed by atoms with van der Waals surface area (Å²) in [4.78, 5) is 38.0. The van der Waals surface area contributed by atoms with E-state index < -0.39 is 17.9 Å². The molecule has 2 atom stereocenters. The lowest BCUT2D eigenvalue weighted by Gasteiger charge is -2.29. The van der Waals surface area contributed by atoms with Gasteiger partial charge < -0.3 is 15.0 Å². The molecule has 2 aliphatic heterocycles. The molecule has 2 amide bonds. The van der Waals surface area contributed by atoms with Gasteiger partial charge in [-0.25, -0.2) is 4.79 Å². The van der Waals surface area contributed by atoms with Crippen LogP contribution in [0, 0.1) is 0 Å². The first-order valence-corrected chi connectivity index (χ1v) is 10.5. The molecule has 0 aromatic heterocycles. The number of ether oxygens (including phenoxy) is 1. The van der Waals surface area contributed by atoms with Crippen LogP contribution in [0.5, 0.6) is 0 Å². The number of carbonyl (C=O) groups is 3. The molecule has 2 saturated heterocycles. The number of anilines is 1. The Morgan fingerprint density at radius 3 is 2.55 bits per heavy atom. The zero-order chi connectivity index (χ0) is 20.4. The van der Waals surface area contributed by atoms with Crippen LogP contribution in [0.15, 0.2) is 54.6 Å². The predicted octanol–water partition coefficient (Wildman–Crippen LogP) is 3.29. The van der Waals surface area contributed by atoms with Crippen molar-refractivity contribution in [2.24, 2.45) is 0 Å². The minimum atomic E-state index is -0.613. The molecule has 0 spiro atoms. The summed E-state index contributed by atoms with van der Waals surface area (Å²) in [7, 11) is 0. The van der Waals surface area contributed by atoms with Crippen molar-refractivity contribution >= 4 is 35.2 Å². The Hall–Kier alpha value is -2.80. The highest BCUT2D eigenvalue weighted by molar-refractivity contribution is 8.01. The molecule has 0 radical (unpaired) electrons. The smallest absolute Gasteiger partial charge is 0.330 e. The highest BCUT2D eigenvalue weighted by atomic mass is 32.2. The molecule has 150 valence electrons. The number of nitrogens with zero attached hydrogens (tertiary/aromatic N) is 1. The maximum atomic E-state index is 12.4. The number of hydrogen-bond donors (Lipinski definition) is 1. The van der Waals surface area contributed by atoms with E-state index in [9.17, 15) is 14.4 Å². The van der Waals surface area contributed by atoms with E-state index in [1.807, 2.05) is 61.5 Å². The third-order valence-corrected chi connectivity index (χ3v) is 6.84. The van der Waals surface area contributed by atoms with Crippen LogP contribution in [0.2, 0.25) is 0 Å². The van der Waals surface area contributed by atoms with Gasteiger partial charge in [-0.3, -0.25) is 9.59 Å². The Bertz CT molecular complexity index is 932. The van der Waals surface area contributed by atoms with Gasteiger partial charge in [-0.05, 0) is 36.6 Å². The quantitative estimate of drug-likeness (QED) is 0.766. The highest BCUT2D eigenvalue weighted by Crippen LogP contribution is 2.47. The largest absolute Gasteiger partial charge is 0.454 e. The number of benzene rings is 2. The van der Waals surface area contributed by atoms with Crippen LogP contribution in [-0.2, 0) is 19.1 Å². The molecule has 0 saturated carbocycles. The zero-order valence-corrected chi connectivity index (χ0v) is 16.9. The van der Waals surface area contributed by atoms with Crippen molar-refractivity contribution in [2.45, 2.75) is 30.7 Å². The standard InChI is InChI=1S/C22H22N2O4S/c1-22-12-11-20(26)24(22)18(14-29-22)21(27)28-13-19(25)23-17-9-7-16(8-10-17)15-5-3-2-4-6-15/h2-10,18H,11-14H2,1H3,(H,23,25)/t18-,22-/m0/s1. The van der Waals surface area contributed by atoms with Crippen molar-refractivity contribution in [3.8, 4) is 11.1 Å². The van der Waals surface area contributed by atoms with Crippen molar-refractivity contribution in [2.75, 3.05) is 17.7 Å². The van der Waals surface area contributed by atoms with E-state index in [1.165, 1.54) is 0 Å². The van der Waals surface area contributed by atoms with Gasteiger partial charge in [0, 0.05) is 17.9 Å². The van der Waals surface area contributed by atoms with Crippen LogP contribution in [-0.4, -0.2) is 46.0 Å². The fraction of sp³-hybridized carbons (Fsp3) is 0.318. The SMILES string of the molecule is C[C@]12CCC(=O)N1[C@H](C(=O)OCC(=O)Nc1ccc(-c3ccccc3)cc1)CS2. The van der Waals surface area contributed by atoms with E-state index in [1.54, 1.807) is 16.7 Å². The first-order chi connectivity index (χ1) is 14.0. The number of esters is 1. The summed E-state index contributed by atoms with van der Waals surface area (Å²) in [5, 5.41) is 2.73. The first-order valence-electron chi connectivity index (χ1n) is 9.54. The Morgan fingerprint density at radius 2 is 1.83 bits per heavy atom. The average molecular weight is 410 g/mol. The second kappa shape index (κ2) is 7.91. The van der Waals surface area contributed by atoms with Gasteiger partial charge in [0.05, 0.1) is 4.87 Å². The lowest BCUT2D eigenvalue weighted by Crippen LogP contribution is -2.47. The number of nitrogens with one attached hydrogen (secondary N) is 1. The van der Waals surface area contributed by atoms with Crippen molar-refractivity contribution in [1.29, 1.82) is 0 Å². The van der Waals surface area contributed by atoms with Crippen molar-refractivity contribution < 1.29 is 19.1 Å². The van der Waals surface area contributed by atoms with Gasteiger partial charge in [0.1, 0.15) is 6.04 Å². The maximum Gasteiger partial charge on any atom is 0.330 e. The van der Waals surface area contributed by atoms with E-state index in [2.05, 4.69) is 5.32 Å². The molecule has 0 bridgehead atoms. The van der Waals surface area contributed by atoms with Gasteiger partial charge in [0.15, 0.2) is 6.61 Å². The maximum absolute atomic E-state index is 12.4. The van der Waals surface area contributed by atoms with Crippen LogP contribution in [0.1, 0.15) is 19.8 Å². The molecule has 2 aliphatic rings. The molecular formula is C22H22N2O4S. The second-order valence-electron chi connectivity index (χ2n) is 7.36. The van der Waals surface area contributed by atoms with Crippen molar-refractivity contribution in [3.63, 3.8) is 0 Å². The van der Waals surface area contributed by atoms with Crippen molar-refractivity contribution in [3.05, 3.63) is 54.6 Å². The zero-order valence-electron chi connectivity index (χ0n) is 16.1. The minimum absolute atomic E-state index is 0.0255. The monoisotopic (exact) mass is 410 g/mol. The number of rotatable bonds is 5. The summed E-state index contributed by atoms with van der Waals surface area (Å²) in [5.41, 5.74) is 2.77. The third-order valence-electron chi connectivity index (χ3n) is 5.34. The lowest BCUT2D eigenvalue weighted by molar-refractivity contribution is -0.155. The Labute approximate surface area is 173 Å². The Kier molecular flexibility index (Phi) is 5.32. The summed E-state index contributed by atoms with van der Waals surface area (Å²) in [6.07, 6.45) is 1.19. The summed E-state index contributed by atoms with van der Waals surface area (Å²) in [5.74, 6) is -0.454. The molecule has 2 aromatic rings. The van der Waals surface area contributed by atoms with Gasteiger partial charge >= 0.3 is 5.97 Å². The summed E-state index contributed by atoms with van der Waals surface area (Å²) in [6.45, 7) is 1.60. The molecule has 4 rings (SSSR count). The van der Waals surface area contributed by atoms with E-state index in [-0.39, 0.29) is 17.4 Å². The second-order valence-corrected chi connectivity index (χ2v) is 8.87. The first kappa shape index (κ1) is 19.5. The summed E-state index contributed by atoms with van der Waals surface area (Å²) in [6, 6.07) is 16.8. The Balaban J connectivity index is 1.30. The highest BCUT2D eigenvalue weighted by Gasteiger charge is 2.53. The molecule has 6 nitrogen and oxygen atoms in total. The van der Waals surface area contributed by atoms with Crippen LogP contribution in [0.4, 0.5) is 5.69 Å². The van der Waals surface area contributed by atoms with E-state index in [0.717, 1.165) is 17.5 Å². The molecule has 2 fully saturated rings. The molecule has 0 unspecified atom stereocenters. The number of thioether (sulfide) groups is 1. The average Bonchev–Trinajstić information content (AvgIpc) is 3.23.